The minimum atomic E-state index is -0.218. The van der Waals surface area contributed by atoms with Crippen molar-refractivity contribution in [2.45, 2.75) is 32.6 Å². The molecule has 5 aromatic rings. The van der Waals surface area contributed by atoms with E-state index in [0.717, 1.165) is 29.0 Å². The zero-order valence-electron chi connectivity index (χ0n) is 16.7. The van der Waals surface area contributed by atoms with Crippen molar-refractivity contribution < 1.29 is 9.53 Å². The van der Waals surface area contributed by atoms with E-state index in [9.17, 15) is 4.79 Å². The molecule has 0 bridgehead atoms. The minimum absolute atomic E-state index is 0.218. The number of unbranched alkanes of at least 4 members (excludes halogenated alkanes) is 3. The molecular weight excluding hydrogens is 356 g/mol. The van der Waals surface area contributed by atoms with E-state index in [-0.39, 0.29) is 5.97 Å². The largest absolute Gasteiger partial charge is 0.462 e. The second-order valence-corrected chi connectivity index (χ2v) is 7.83. The molecule has 0 unspecified atom stereocenters. The fourth-order valence-electron chi connectivity index (χ4n) is 4.50. The maximum Gasteiger partial charge on any atom is 0.338 e. The Morgan fingerprint density at radius 3 is 2.38 bits per heavy atom. The van der Waals surface area contributed by atoms with Crippen LogP contribution in [0.5, 0.6) is 0 Å². The Balaban J connectivity index is 1.64. The fraction of sp³-hybridized carbons (Fsp3) is 0.222. The van der Waals surface area contributed by atoms with E-state index in [1.165, 1.54) is 39.8 Å². The third kappa shape index (κ3) is 3.00. The third-order valence-corrected chi connectivity index (χ3v) is 5.96. The highest BCUT2D eigenvalue weighted by molar-refractivity contribution is 6.30. The van der Waals surface area contributed by atoms with Crippen LogP contribution in [0.4, 0.5) is 0 Å². The number of benzene rings is 5. The summed E-state index contributed by atoms with van der Waals surface area (Å²) in [7, 11) is 0. The van der Waals surface area contributed by atoms with Crippen LogP contribution in [-0.4, -0.2) is 12.6 Å². The molecule has 0 aliphatic heterocycles. The Bertz CT molecular complexity index is 1330. The summed E-state index contributed by atoms with van der Waals surface area (Å²) < 4.78 is 5.60. The van der Waals surface area contributed by atoms with Gasteiger partial charge in [0.05, 0.1) is 12.2 Å². The predicted molar refractivity (Wildman–Crippen MR) is 122 cm³/mol. The molecule has 0 aliphatic rings. The van der Waals surface area contributed by atoms with Crippen molar-refractivity contribution in [2.24, 2.45) is 0 Å². The topological polar surface area (TPSA) is 26.3 Å². The van der Waals surface area contributed by atoms with Gasteiger partial charge in [0.1, 0.15) is 0 Å². The van der Waals surface area contributed by atoms with Crippen molar-refractivity contribution >= 4 is 49.1 Å². The molecular formula is C27H24O2. The Morgan fingerprint density at radius 1 is 0.724 bits per heavy atom. The third-order valence-electron chi connectivity index (χ3n) is 5.96. The average Bonchev–Trinajstić information content (AvgIpc) is 2.76. The average molecular weight is 380 g/mol. The van der Waals surface area contributed by atoms with Gasteiger partial charge in [-0.15, -0.1) is 0 Å². The van der Waals surface area contributed by atoms with Crippen LogP contribution in [0.2, 0.25) is 0 Å². The second-order valence-electron chi connectivity index (χ2n) is 7.83. The number of fused-ring (bicyclic) bond motifs is 2. The number of ether oxygens (including phenoxy) is 1. The summed E-state index contributed by atoms with van der Waals surface area (Å²) in [6, 6.07) is 23.3. The Kier molecular flexibility index (Phi) is 4.55. The van der Waals surface area contributed by atoms with E-state index in [1.54, 1.807) is 0 Å². The van der Waals surface area contributed by atoms with Gasteiger partial charge in [-0.25, -0.2) is 4.79 Å². The SMILES string of the molecule is CCCCCCOC(=O)c1ccc2ccc3cc4ccccc4c4ccc1c2c34. The van der Waals surface area contributed by atoms with Crippen molar-refractivity contribution in [1.82, 2.24) is 0 Å². The first-order valence-corrected chi connectivity index (χ1v) is 10.5. The van der Waals surface area contributed by atoms with E-state index < -0.39 is 0 Å². The number of hydrogen-bond acceptors (Lipinski definition) is 2. The van der Waals surface area contributed by atoms with Gasteiger partial charge >= 0.3 is 5.97 Å². The lowest BCUT2D eigenvalue weighted by Crippen LogP contribution is -2.07. The van der Waals surface area contributed by atoms with Gasteiger partial charge in [-0.1, -0.05) is 80.8 Å². The van der Waals surface area contributed by atoms with Crippen LogP contribution in [0.3, 0.4) is 0 Å². The van der Waals surface area contributed by atoms with E-state index >= 15 is 0 Å². The van der Waals surface area contributed by atoms with E-state index in [4.69, 9.17) is 4.74 Å². The molecule has 144 valence electrons. The summed E-state index contributed by atoms with van der Waals surface area (Å²) in [6.07, 6.45) is 4.40. The maximum absolute atomic E-state index is 12.8. The van der Waals surface area contributed by atoms with Crippen molar-refractivity contribution in [3.63, 3.8) is 0 Å². The van der Waals surface area contributed by atoms with Crippen molar-refractivity contribution in [2.75, 3.05) is 6.61 Å². The number of esters is 1. The van der Waals surface area contributed by atoms with Crippen molar-refractivity contribution in [3.05, 3.63) is 72.3 Å². The Hall–Kier alpha value is -3.13. The molecule has 29 heavy (non-hydrogen) atoms. The lowest BCUT2D eigenvalue weighted by molar-refractivity contribution is 0.0500. The molecule has 0 N–H and O–H groups in total. The summed E-state index contributed by atoms with van der Waals surface area (Å²) in [4.78, 5) is 12.8. The zero-order valence-corrected chi connectivity index (χ0v) is 16.7. The Morgan fingerprint density at radius 2 is 1.48 bits per heavy atom. The molecule has 0 saturated carbocycles. The number of carbonyl (C=O) groups excluding carboxylic acids is 1. The quantitative estimate of drug-likeness (QED) is 0.132. The highest BCUT2D eigenvalue weighted by atomic mass is 16.5. The maximum atomic E-state index is 12.8. The van der Waals surface area contributed by atoms with E-state index in [2.05, 4.69) is 61.5 Å². The lowest BCUT2D eigenvalue weighted by Gasteiger charge is -2.15. The standard InChI is InChI=1S/C27H24O2/c1-2-3-4-7-16-29-27(28)24-13-12-18-10-11-20-17-19-8-5-6-9-21(19)22-14-15-23(24)25(18)26(20)22/h5-6,8-15,17H,2-4,7,16H2,1H3. The summed E-state index contributed by atoms with van der Waals surface area (Å²) >= 11 is 0. The molecule has 0 aliphatic carbocycles. The number of rotatable bonds is 6. The molecule has 0 fully saturated rings. The van der Waals surface area contributed by atoms with E-state index in [0.29, 0.717) is 12.2 Å². The molecule has 2 heteroatoms. The first-order chi connectivity index (χ1) is 14.3. The fourth-order valence-corrected chi connectivity index (χ4v) is 4.50. The normalized spacial score (nSPS) is 11.8. The van der Waals surface area contributed by atoms with Gasteiger partial charge < -0.3 is 4.74 Å². The molecule has 0 radical (unpaired) electrons. The summed E-state index contributed by atoms with van der Waals surface area (Å²) in [5.74, 6) is -0.218. The summed E-state index contributed by atoms with van der Waals surface area (Å²) in [5, 5.41) is 9.47. The van der Waals surface area contributed by atoms with Crippen LogP contribution in [0, 0.1) is 0 Å². The van der Waals surface area contributed by atoms with Gasteiger partial charge in [0.2, 0.25) is 0 Å². The lowest BCUT2D eigenvalue weighted by atomic mass is 9.89. The van der Waals surface area contributed by atoms with Crippen LogP contribution in [-0.2, 0) is 4.74 Å². The number of carbonyl (C=O) groups is 1. The van der Waals surface area contributed by atoms with Crippen LogP contribution in [0.25, 0.3) is 43.1 Å². The summed E-state index contributed by atoms with van der Waals surface area (Å²) in [5.41, 5.74) is 0.663. The molecule has 5 rings (SSSR count). The van der Waals surface area contributed by atoms with Gasteiger partial charge in [0.15, 0.2) is 0 Å². The predicted octanol–water partition coefficient (Wildman–Crippen LogP) is 7.47. The first-order valence-electron chi connectivity index (χ1n) is 10.5. The minimum Gasteiger partial charge on any atom is -0.462 e. The molecule has 0 atom stereocenters. The van der Waals surface area contributed by atoms with Crippen LogP contribution in [0.15, 0.2) is 66.7 Å². The van der Waals surface area contributed by atoms with Gasteiger partial charge in [-0.3, -0.25) is 0 Å². The Labute approximate surface area is 170 Å². The first kappa shape index (κ1) is 17.9. The highest BCUT2D eigenvalue weighted by Gasteiger charge is 2.17. The molecule has 5 aromatic carbocycles. The van der Waals surface area contributed by atoms with Gasteiger partial charge in [0, 0.05) is 0 Å². The van der Waals surface area contributed by atoms with Crippen LogP contribution >= 0.6 is 0 Å². The van der Waals surface area contributed by atoms with Gasteiger partial charge in [0.25, 0.3) is 0 Å². The molecule has 0 aromatic heterocycles. The van der Waals surface area contributed by atoms with Gasteiger partial charge in [-0.05, 0) is 61.6 Å². The molecule has 2 nitrogen and oxygen atoms in total. The summed E-state index contributed by atoms with van der Waals surface area (Å²) in [6.45, 7) is 2.67. The van der Waals surface area contributed by atoms with E-state index in [1.807, 2.05) is 12.1 Å². The molecule has 0 spiro atoms. The van der Waals surface area contributed by atoms with Gasteiger partial charge in [-0.2, -0.15) is 0 Å². The highest BCUT2D eigenvalue weighted by Crippen LogP contribution is 2.39. The monoisotopic (exact) mass is 380 g/mol. The molecule has 0 saturated heterocycles. The number of hydrogen-bond donors (Lipinski definition) is 0. The van der Waals surface area contributed by atoms with Crippen molar-refractivity contribution in [3.8, 4) is 0 Å². The van der Waals surface area contributed by atoms with Crippen LogP contribution < -0.4 is 0 Å². The molecule has 0 heterocycles. The van der Waals surface area contributed by atoms with Crippen molar-refractivity contribution in [1.29, 1.82) is 0 Å². The zero-order chi connectivity index (χ0) is 19.8. The smallest absolute Gasteiger partial charge is 0.338 e. The van der Waals surface area contributed by atoms with Crippen LogP contribution in [0.1, 0.15) is 43.0 Å². The molecule has 0 amide bonds. The second kappa shape index (κ2) is 7.36.